The zero-order valence-corrected chi connectivity index (χ0v) is 15.6. The lowest BCUT2D eigenvalue weighted by atomic mass is 9.93. The van der Waals surface area contributed by atoms with Gasteiger partial charge in [0, 0.05) is 49.2 Å². The molecule has 0 spiro atoms. The molecule has 0 N–H and O–H groups in total. The van der Waals surface area contributed by atoms with E-state index >= 15 is 0 Å². The van der Waals surface area contributed by atoms with Gasteiger partial charge in [-0.3, -0.25) is 14.8 Å². The molecule has 1 aromatic carbocycles. The van der Waals surface area contributed by atoms with Gasteiger partial charge in [-0.05, 0) is 48.7 Å². The summed E-state index contributed by atoms with van der Waals surface area (Å²) in [7, 11) is 0. The number of rotatable bonds is 4. The van der Waals surface area contributed by atoms with Gasteiger partial charge in [0.05, 0.1) is 5.56 Å². The summed E-state index contributed by atoms with van der Waals surface area (Å²) in [6.07, 6.45) is 5.68. The minimum atomic E-state index is -0.208. The summed E-state index contributed by atoms with van der Waals surface area (Å²) in [4.78, 5) is 23.5. The van der Waals surface area contributed by atoms with Crippen LogP contribution < -0.4 is 0 Å². The second-order valence-electron chi connectivity index (χ2n) is 7.15. The average Bonchev–Trinajstić information content (AvgIpc) is 2.76. The van der Waals surface area contributed by atoms with Crippen LogP contribution in [-0.4, -0.2) is 33.9 Å². The van der Waals surface area contributed by atoms with E-state index in [0.29, 0.717) is 24.1 Å². The predicted molar refractivity (Wildman–Crippen MR) is 106 cm³/mol. The van der Waals surface area contributed by atoms with Crippen LogP contribution in [0.3, 0.4) is 0 Å². The maximum atomic E-state index is 14.0. The number of carbonyl (C=O) groups is 1. The van der Waals surface area contributed by atoms with Crippen molar-refractivity contribution < 1.29 is 9.18 Å². The van der Waals surface area contributed by atoms with Crippen LogP contribution in [0.1, 0.15) is 46.1 Å². The van der Waals surface area contributed by atoms with Crippen LogP contribution in [-0.2, 0) is 6.42 Å². The van der Waals surface area contributed by atoms with Gasteiger partial charge in [0.15, 0.2) is 0 Å². The Bertz CT molecular complexity index is 961. The van der Waals surface area contributed by atoms with Crippen molar-refractivity contribution in [2.24, 2.45) is 0 Å². The summed E-state index contributed by atoms with van der Waals surface area (Å²) in [6.45, 7) is 1.39. The van der Waals surface area contributed by atoms with E-state index in [1.165, 1.54) is 6.07 Å². The molecule has 0 saturated carbocycles. The SMILES string of the molecule is O=C(c1cccnc1)N1CCC[C@H](c2cccc(Cc3ccccc3F)n2)C1. The summed E-state index contributed by atoms with van der Waals surface area (Å²) in [5.41, 5.74) is 3.07. The molecule has 0 aliphatic carbocycles. The van der Waals surface area contributed by atoms with Crippen molar-refractivity contribution >= 4 is 5.91 Å². The number of hydrogen-bond donors (Lipinski definition) is 0. The molecule has 1 amide bonds. The summed E-state index contributed by atoms with van der Waals surface area (Å²) in [6, 6.07) is 16.3. The first kappa shape index (κ1) is 18.3. The summed E-state index contributed by atoms with van der Waals surface area (Å²) >= 11 is 0. The van der Waals surface area contributed by atoms with Crippen LogP contribution in [0.5, 0.6) is 0 Å². The van der Waals surface area contributed by atoms with Gasteiger partial charge in [-0.1, -0.05) is 24.3 Å². The zero-order chi connectivity index (χ0) is 19.3. The molecule has 3 aromatic rings. The topological polar surface area (TPSA) is 46.1 Å². The molecule has 1 aliphatic rings. The Hall–Kier alpha value is -3.08. The van der Waals surface area contributed by atoms with E-state index in [1.54, 1.807) is 36.7 Å². The first-order valence-corrected chi connectivity index (χ1v) is 9.59. The molecule has 1 saturated heterocycles. The van der Waals surface area contributed by atoms with E-state index in [2.05, 4.69) is 4.98 Å². The largest absolute Gasteiger partial charge is 0.338 e. The number of likely N-dealkylation sites (tertiary alicyclic amines) is 1. The molecule has 0 unspecified atom stereocenters. The van der Waals surface area contributed by atoms with Gasteiger partial charge in [0.25, 0.3) is 5.91 Å². The quantitative estimate of drug-likeness (QED) is 0.686. The minimum Gasteiger partial charge on any atom is -0.338 e. The highest BCUT2D eigenvalue weighted by atomic mass is 19.1. The fourth-order valence-corrected chi connectivity index (χ4v) is 3.74. The summed E-state index contributed by atoms with van der Waals surface area (Å²) in [5, 5.41) is 0. The molecule has 0 bridgehead atoms. The van der Waals surface area contributed by atoms with E-state index in [1.807, 2.05) is 29.2 Å². The fraction of sp³-hybridized carbons (Fsp3) is 0.261. The molecule has 28 heavy (non-hydrogen) atoms. The van der Waals surface area contributed by atoms with Gasteiger partial charge in [0.1, 0.15) is 5.82 Å². The Morgan fingerprint density at radius 3 is 2.82 bits per heavy atom. The molecular formula is C23H22FN3O. The number of halogens is 1. The molecular weight excluding hydrogens is 353 g/mol. The highest BCUT2D eigenvalue weighted by Crippen LogP contribution is 2.27. The highest BCUT2D eigenvalue weighted by molar-refractivity contribution is 5.94. The normalized spacial score (nSPS) is 16.8. The van der Waals surface area contributed by atoms with E-state index in [9.17, 15) is 9.18 Å². The number of amides is 1. The van der Waals surface area contributed by atoms with Crippen LogP contribution in [0, 0.1) is 5.82 Å². The van der Waals surface area contributed by atoms with Crippen molar-refractivity contribution in [2.75, 3.05) is 13.1 Å². The van der Waals surface area contributed by atoms with Crippen molar-refractivity contribution in [3.8, 4) is 0 Å². The van der Waals surface area contributed by atoms with E-state index in [4.69, 9.17) is 4.98 Å². The van der Waals surface area contributed by atoms with Crippen LogP contribution in [0.15, 0.2) is 67.0 Å². The predicted octanol–water partition coefficient (Wildman–Crippen LogP) is 4.23. The van der Waals surface area contributed by atoms with Crippen molar-refractivity contribution in [3.05, 3.63) is 95.3 Å². The smallest absolute Gasteiger partial charge is 0.255 e. The molecule has 1 aliphatic heterocycles. The highest BCUT2D eigenvalue weighted by Gasteiger charge is 2.26. The number of carbonyl (C=O) groups excluding carboxylic acids is 1. The third-order valence-corrected chi connectivity index (χ3v) is 5.19. The van der Waals surface area contributed by atoms with Gasteiger partial charge < -0.3 is 4.90 Å². The molecule has 4 rings (SSSR count). The standard InChI is InChI=1S/C23H22FN3O/c24-21-10-2-1-6-17(21)14-20-9-3-11-22(26-20)19-8-5-13-27(16-19)23(28)18-7-4-12-25-15-18/h1-4,6-7,9-12,15,19H,5,8,13-14,16H2/t19-/m0/s1. The third kappa shape index (κ3) is 4.09. The number of aromatic nitrogens is 2. The lowest BCUT2D eigenvalue weighted by molar-refractivity contribution is 0.0705. The van der Waals surface area contributed by atoms with Gasteiger partial charge in [-0.25, -0.2) is 4.39 Å². The van der Waals surface area contributed by atoms with Crippen LogP contribution in [0.2, 0.25) is 0 Å². The van der Waals surface area contributed by atoms with Crippen molar-refractivity contribution in [1.29, 1.82) is 0 Å². The second kappa shape index (κ2) is 8.30. The number of benzene rings is 1. The monoisotopic (exact) mass is 375 g/mol. The van der Waals surface area contributed by atoms with Crippen LogP contribution in [0.4, 0.5) is 4.39 Å². The molecule has 4 nitrogen and oxygen atoms in total. The van der Waals surface area contributed by atoms with Crippen molar-refractivity contribution in [3.63, 3.8) is 0 Å². The van der Waals surface area contributed by atoms with Crippen molar-refractivity contribution in [1.82, 2.24) is 14.9 Å². The van der Waals surface area contributed by atoms with Gasteiger partial charge >= 0.3 is 0 Å². The second-order valence-corrected chi connectivity index (χ2v) is 7.15. The van der Waals surface area contributed by atoms with Crippen LogP contribution >= 0.6 is 0 Å². The lowest BCUT2D eigenvalue weighted by Crippen LogP contribution is -2.39. The first-order valence-electron chi connectivity index (χ1n) is 9.59. The maximum Gasteiger partial charge on any atom is 0.255 e. The Morgan fingerprint density at radius 1 is 1.11 bits per heavy atom. The molecule has 3 heterocycles. The molecule has 142 valence electrons. The summed E-state index contributed by atoms with van der Waals surface area (Å²) < 4.78 is 14.0. The molecule has 0 radical (unpaired) electrons. The number of nitrogens with zero attached hydrogens (tertiary/aromatic N) is 3. The molecule has 5 heteroatoms. The Labute approximate surface area is 164 Å². The first-order chi connectivity index (χ1) is 13.7. The fourth-order valence-electron chi connectivity index (χ4n) is 3.74. The Morgan fingerprint density at radius 2 is 2.00 bits per heavy atom. The lowest BCUT2D eigenvalue weighted by Gasteiger charge is -2.32. The molecule has 2 aromatic heterocycles. The third-order valence-electron chi connectivity index (χ3n) is 5.19. The van der Waals surface area contributed by atoms with Crippen molar-refractivity contribution in [2.45, 2.75) is 25.2 Å². The van der Waals surface area contributed by atoms with E-state index in [0.717, 1.165) is 30.8 Å². The van der Waals surface area contributed by atoms with E-state index in [-0.39, 0.29) is 17.6 Å². The van der Waals surface area contributed by atoms with Gasteiger partial charge in [0.2, 0.25) is 0 Å². The van der Waals surface area contributed by atoms with Gasteiger partial charge in [-0.15, -0.1) is 0 Å². The summed E-state index contributed by atoms with van der Waals surface area (Å²) in [5.74, 6) is -0.00383. The molecule has 1 fully saturated rings. The average molecular weight is 375 g/mol. The zero-order valence-electron chi connectivity index (χ0n) is 15.6. The number of pyridine rings is 2. The maximum absolute atomic E-state index is 14.0. The number of piperidine rings is 1. The number of hydrogen-bond acceptors (Lipinski definition) is 3. The molecule has 1 atom stereocenters. The Kier molecular flexibility index (Phi) is 5.42. The Balaban J connectivity index is 1.49. The minimum absolute atomic E-state index is 0.0142. The van der Waals surface area contributed by atoms with Crippen LogP contribution in [0.25, 0.3) is 0 Å². The van der Waals surface area contributed by atoms with Gasteiger partial charge in [-0.2, -0.15) is 0 Å². The van der Waals surface area contributed by atoms with E-state index < -0.39 is 0 Å².